The van der Waals surface area contributed by atoms with Gasteiger partial charge >= 0.3 is 0 Å². The highest BCUT2D eigenvalue weighted by atomic mass is 32.1. The van der Waals surface area contributed by atoms with Crippen LogP contribution in [0.15, 0.2) is 11.6 Å². The van der Waals surface area contributed by atoms with Gasteiger partial charge < -0.3 is 5.32 Å². The van der Waals surface area contributed by atoms with Gasteiger partial charge in [0.2, 0.25) is 0 Å². The third-order valence-corrected chi connectivity index (χ3v) is 3.32. The smallest absolute Gasteiger partial charge is 0.0940 e. The van der Waals surface area contributed by atoms with E-state index in [0.29, 0.717) is 0 Å². The van der Waals surface area contributed by atoms with Crippen molar-refractivity contribution in [2.45, 2.75) is 19.9 Å². The van der Waals surface area contributed by atoms with Crippen LogP contribution in [0.3, 0.4) is 0 Å². The van der Waals surface area contributed by atoms with E-state index in [4.69, 9.17) is 0 Å². The predicted molar refractivity (Wildman–Crippen MR) is 63.3 cm³/mol. The Kier molecular flexibility index (Phi) is 3.63. The Balaban J connectivity index is 1.71. The zero-order valence-corrected chi connectivity index (χ0v) is 10.3. The third-order valence-electron chi connectivity index (χ3n) is 2.30. The minimum atomic E-state index is 0.799. The molecule has 5 nitrogen and oxygen atoms in total. The van der Waals surface area contributed by atoms with Crippen molar-refractivity contribution < 1.29 is 0 Å². The van der Waals surface area contributed by atoms with Crippen molar-refractivity contribution in [3.8, 4) is 0 Å². The SMILES string of the molecule is Cc1csc(CCNCc2cnnn2C)n1. The average molecular weight is 237 g/mol. The Hall–Kier alpha value is -1.27. The standard InChI is InChI=1S/C10H15N5S/c1-8-7-16-10(13-8)3-4-11-5-9-6-12-14-15(9)2/h6-7,11H,3-5H2,1-2H3. The van der Waals surface area contributed by atoms with Gasteiger partial charge in [0, 0.05) is 37.6 Å². The summed E-state index contributed by atoms with van der Waals surface area (Å²) in [6.45, 7) is 3.75. The molecule has 0 radical (unpaired) electrons. The monoisotopic (exact) mass is 237 g/mol. The number of nitrogens with one attached hydrogen (secondary N) is 1. The Bertz CT molecular complexity index is 448. The van der Waals surface area contributed by atoms with Gasteiger partial charge in [0.25, 0.3) is 0 Å². The van der Waals surface area contributed by atoms with E-state index < -0.39 is 0 Å². The first kappa shape index (κ1) is 11.2. The lowest BCUT2D eigenvalue weighted by Gasteiger charge is -2.02. The molecule has 0 unspecified atom stereocenters. The highest BCUT2D eigenvalue weighted by Gasteiger charge is 2.00. The van der Waals surface area contributed by atoms with E-state index in [-0.39, 0.29) is 0 Å². The second-order valence-electron chi connectivity index (χ2n) is 3.66. The lowest BCUT2D eigenvalue weighted by Crippen LogP contribution is -2.18. The second-order valence-corrected chi connectivity index (χ2v) is 4.60. The van der Waals surface area contributed by atoms with Gasteiger partial charge in [-0.25, -0.2) is 4.98 Å². The molecular weight excluding hydrogens is 222 g/mol. The Morgan fingerprint density at radius 1 is 1.50 bits per heavy atom. The molecule has 0 aromatic carbocycles. The van der Waals surface area contributed by atoms with Crippen molar-refractivity contribution in [1.82, 2.24) is 25.3 Å². The van der Waals surface area contributed by atoms with E-state index in [2.05, 4.69) is 26.0 Å². The first-order valence-corrected chi connectivity index (χ1v) is 6.09. The maximum Gasteiger partial charge on any atom is 0.0940 e. The number of hydrogen-bond donors (Lipinski definition) is 1. The van der Waals surface area contributed by atoms with Gasteiger partial charge in [-0.05, 0) is 6.92 Å². The molecule has 2 aromatic rings. The van der Waals surface area contributed by atoms with Crippen LogP contribution < -0.4 is 5.32 Å². The van der Waals surface area contributed by atoms with Gasteiger partial charge in [-0.1, -0.05) is 5.21 Å². The first-order valence-electron chi connectivity index (χ1n) is 5.21. The lowest BCUT2D eigenvalue weighted by molar-refractivity contribution is 0.616. The Morgan fingerprint density at radius 2 is 2.38 bits per heavy atom. The first-order chi connectivity index (χ1) is 7.75. The summed E-state index contributed by atoms with van der Waals surface area (Å²) in [5.74, 6) is 0. The molecule has 0 aliphatic heterocycles. The van der Waals surface area contributed by atoms with Crippen LogP contribution in [0.5, 0.6) is 0 Å². The fourth-order valence-electron chi connectivity index (χ4n) is 1.40. The van der Waals surface area contributed by atoms with Gasteiger partial charge in [-0.3, -0.25) is 4.68 Å². The molecule has 0 amide bonds. The van der Waals surface area contributed by atoms with Crippen molar-refractivity contribution in [3.05, 3.63) is 28.0 Å². The van der Waals surface area contributed by atoms with Crippen molar-refractivity contribution in [2.24, 2.45) is 7.05 Å². The zero-order valence-electron chi connectivity index (χ0n) is 9.47. The summed E-state index contributed by atoms with van der Waals surface area (Å²) < 4.78 is 1.78. The lowest BCUT2D eigenvalue weighted by atomic mass is 10.4. The van der Waals surface area contributed by atoms with Crippen LogP contribution in [0.25, 0.3) is 0 Å². The van der Waals surface area contributed by atoms with E-state index in [1.807, 2.05) is 14.0 Å². The molecule has 16 heavy (non-hydrogen) atoms. The fourth-order valence-corrected chi connectivity index (χ4v) is 2.18. The van der Waals surface area contributed by atoms with Crippen LogP contribution in [0.4, 0.5) is 0 Å². The molecule has 0 fully saturated rings. The number of rotatable bonds is 5. The number of hydrogen-bond acceptors (Lipinski definition) is 5. The zero-order chi connectivity index (χ0) is 11.4. The Morgan fingerprint density at radius 3 is 3.00 bits per heavy atom. The number of aryl methyl sites for hydroxylation is 2. The molecule has 0 saturated heterocycles. The minimum absolute atomic E-state index is 0.799. The molecule has 2 rings (SSSR count). The molecule has 2 heterocycles. The van der Waals surface area contributed by atoms with E-state index in [1.165, 1.54) is 5.01 Å². The van der Waals surface area contributed by atoms with E-state index in [9.17, 15) is 0 Å². The molecule has 6 heteroatoms. The van der Waals surface area contributed by atoms with Crippen LogP contribution in [-0.2, 0) is 20.0 Å². The molecule has 0 atom stereocenters. The molecule has 2 aromatic heterocycles. The summed E-state index contributed by atoms with van der Waals surface area (Å²) in [4.78, 5) is 4.41. The summed E-state index contributed by atoms with van der Waals surface area (Å²) in [6, 6.07) is 0. The molecule has 86 valence electrons. The quantitative estimate of drug-likeness (QED) is 0.785. The summed E-state index contributed by atoms with van der Waals surface area (Å²) >= 11 is 1.72. The van der Waals surface area contributed by atoms with E-state index >= 15 is 0 Å². The van der Waals surface area contributed by atoms with Gasteiger partial charge in [0.15, 0.2) is 0 Å². The molecule has 0 bridgehead atoms. The highest BCUT2D eigenvalue weighted by molar-refractivity contribution is 7.09. The van der Waals surface area contributed by atoms with Gasteiger partial charge in [0.05, 0.1) is 16.9 Å². The molecule has 1 N–H and O–H groups in total. The van der Waals surface area contributed by atoms with Crippen LogP contribution in [0, 0.1) is 6.92 Å². The van der Waals surface area contributed by atoms with Gasteiger partial charge in [-0.2, -0.15) is 0 Å². The van der Waals surface area contributed by atoms with Gasteiger partial charge in [-0.15, -0.1) is 16.4 Å². The largest absolute Gasteiger partial charge is 0.311 e. The summed E-state index contributed by atoms with van der Waals surface area (Å²) in [5.41, 5.74) is 2.20. The Labute approximate surface area is 98.5 Å². The third kappa shape index (κ3) is 2.86. The van der Waals surface area contributed by atoms with Crippen molar-refractivity contribution in [2.75, 3.05) is 6.54 Å². The fraction of sp³-hybridized carbons (Fsp3) is 0.500. The average Bonchev–Trinajstić information content (AvgIpc) is 2.83. The summed E-state index contributed by atoms with van der Waals surface area (Å²) in [6.07, 6.45) is 2.75. The number of thiazole rings is 1. The predicted octanol–water partition coefficient (Wildman–Crippen LogP) is 0.912. The highest BCUT2D eigenvalue weighted by Crippen LogP contribution is 2.08. The normalized spacial score (nSPS) is 10.9. The molecule has 0 aliphatic carbocycles. The summed E-state index contributed by atoms with van der Waals surface area (Å²) in [7, 11) is 1.90. The van der Waals surface area contributed by atoms with E-state index in [0.717, 1.165) is 30.9 Å². The van der Waals surface area contributed by atoms with Crippen molar-refractivity contribution >= 4 is 11.3 Å². The summed E-state index contributed by atoms with van der Waals surface area (Å²) in [5, 5.41) is 14.3. The van der Waals surface area contributed by atoms with Crippen molar-refractivity contribution in [3.63, 3.8) is 0 Å². The van der Waals surface area contributed by atoms with Gasteiger partial charge in [0.1, 0.15) is 0 Å². The maximum absolute atomic E-state index is 4.41. The molecule has 0 saturated carbocycles. The minimum Gasteiger partial charge on any atom is -0.311 e. The second kappa shape index (κ2) is 5.18. The maximum atomic E-state index is 4.41. The van der Waals surface area contributed by atoms with E-state index in [1.54, 1.807) is 22.2 Å². The topological polar surface area (TPSA) is 55.6 Å². The van der Waals surface area contributed by atoms with Crippen LogP contribution >= 0.6 is 11.3 Å². The van der Waals surface area contributed by atoms with Crippen molar-refractivity contribution in [1.29, 1.82) is 0 Å². The molecular formula is C10H15N5S. The molecule has 0 aliphatic rings. The number of aromatic nitrogens is 4. The van der Waals surface area contributed by atoms with Crippen LogP contribution in [0.2, 0.25) is 0 Å². The number of nitrogens with zero attached hydrogens (tertiary/aromatic N) is 4. The van der Waals surface area contributed by atoms with Crippen LogP contribution in [-0.4, -0.2) is 26.5 Å². The van der Waals surface area contributed by atoms with Crippen LogP contribution in [0.1, 0.15) is 16.4 Å². The molecule has 0 spiro atoms.